The zero-order chi connectivity index (χ0) is 13.2. The molecule has 0 aromatic heterocycles. The Bertz CT molecular complexity index is 415. The minimum Gasteiger partial charge on any atom is -0.411 e. The van der Waals surface area contributed by atoms with E-state index in [9.17, 15) is 8.42 Å². The third-order valence-electron chi connectivity index (χ3n) is 3.85. The van der Waals surface area contributed by atoms with E-state index in [1.54, 1.807) is 8.61 Å². The molecule has 1 unspecified atom stereocenters. The summed E-state index contributed by atoms with van der Waals surface area (Å²) in [6.45, 7) is 4.12. The third kappa shape index (κ3) is 2.53. The van der Waals surface area contributed by atoms with Crippen molar-refractivity contribution in [1.82, 2.24) is 8.61 Å². The fourth-order valence-electron chi connectivity index (χ4n) is 2.67. The largest absolute Gasteiger partial charge is 0.411 e. The molecule has 0 amide bonds. The van der Waals surface area contributed by atoms with E-state index < -0.39 is 10.2 Å². The van der Waals surface area contributed by atoms with Gasteiger partial charge in [0.25, 0.3) is 10.2 Å². The molecule has 104 valence electrons. The van der Waals surface area contributed by atoms with Crippen molar-refractivity contribution in [3.63, 3.8) is 0 Å². The molecule has 2 fully saturated rings. The Balaban J connectivity index is 2.10. The molecule has 2 aliphatic rings. The Morgan fingerprint density at radius 3 is 2.50 bits per heavy atom. The lowest BCUT2D eigenvalue weighted by Gasteiger charge is -2.34. The summed E-state index contributed by atoms with van der Waals surface area (Å²) in [7, 11) is -3.31. The highest BCUT2D eigenvalue weighted by atomic mass is 32.2. The highest BCUT2D eigenvalue weighted by Crippen LogP contribution is 2.23. The molecule has 0 bridgehead atoms. The first-order valence-corrected chi connectivity index (χ1v) is 7.95. The highest BCUT2D eigenvalue weighted by molar-refractivity contribution is 7.86. The number of hydrogen-bond acceptors (Lipinski definition) is 4. The molecule has 0 aliphatic carbocycles. The van der Waals surface area contributed by atoms with Gasteiger partial charge in [-0.15, -0.1) is 0 Å². The maximum absolute atomic E-state index is 12.4. The lowest BCUT2D eigenvalue weighted by atomic mass is 9.95. The van der Waals surface area contributed by atoms with Gasteiger partial charge in [-0.1, -0.05) is 12.1 Å². The van der Waals surface area contributed by atoms with Crippen LogP contribution in [0.25, 0.3) is 0 Å². The molecule has 0 spiro atoms. The molecule has 0 saturated carbocycles. The lowest BCUT2D eigenvalue weighted by molar-refractivity contribution is 0.288. The Kier molecular flexibility index (Phi) is 4.24. The average molecular weight is 275 g/mol. The van der Waals surface area contributed by atoms with Gasteiger partial charge in [-0.2, -0.15) is 17.0 Å². The second-order valence-corrected chi connectivity index (χ2v) is 6.85. The van der Waals surface area contributed by atoms with Crippen molar-refractivity contribution in [3.8, 4) is 0 Å². The van der Waals surface area contributed by atoms with Crippen LogP contribution in [0.2, 0.25) is 0 Å². The molecule has 7 heteroatoms. The van der Waals surface area contributed by atoms with E-state index in [2.05, 4.69) is 5.16 Å². The summed E-state index contributed by atoms with van der Waals surface area (Å²) in [5, 5.41) is 12.2. The first-order valence-electron chi connectivity index (χ1n) is 6.55. The summed E-state index contributed by atoms with van der Waals surface area (Å²) in [6.07, 6.45) is 3.23. The molecule has 2 aliphatic heterocycles. The highest BCUT2D eigenvalue weighted by Gasteiger charge is 2.36. The molecular weight excluding hydrogens is 254 g/mol. The molecule has 6 nitrogen and oxygen atoms in total. The Morgan fingerprint density at radius 1 is 1.28 bits per heavy atom. The Morgan fingerprint density at radius 2 is 1.94 bits per heavy atom. The SMILES string of the molecule is CCC1CN(S(=O)(=O)N2CCCC2)CCC1=NO. The zero-order valence-electron chi connectivity index (χ0n) is 10.7. The van der Waals surface area contributed by atoms with Gasteiger partial charge >= 0.3 is 0 Å². The van der Waals surface area contributed by atoms with Crippen LogP contribution in [-0.2, 0) is 10.2 Å². The Labute approximate surface area is 108 Å². The predicted octanol–water partition coefficient (Wildman–Crippen LogP) is 0.889. The number of oxime groups is 1. The maximum Gasteiger partial charge on any atom is 0.282 e. The number of hydrogen-bond donors (Lipinski definition) is 1. The fourth-order valence-corrected chi connectivity index (χ4v) is 4.41. The van der Waals surface area contributed by atoms with E-state index in [0.717, 1.165) is 25.0 Å². The van der Waals surface area contributed by atoms with E-state index in [1.165, 1.54) is 0 Å². The van der Waals surface area contributed by atoms with Crippen molar-refractivity contribution in [2.75, 3.05) is 26.2 Å². The van der Waals surface area contributed by atoms with Gasteiger partial charge in [0, 0.05) is 38.5 Å². The van der Waals surface area contributed by atoms with Crippen LogP contribution >= 0.6 is 0 Å². The summed E-state index contributed by atoms with van der Waals surface area (Å²) in [5.41, 5.74) is 0.727. The van der Waals surface area contributed by atoms with Gasteiger partial charge in [0.2, 0.25) is 0 Å². The molecule has 2 heterocycles. The minimum absolute atomic E-state index is 0.0427. The van der Waals surface area contributed by atoms with Gasteiger partial charge in [-0.3, -0.25) is 0 Å². The summed E-state index contributed by atoms with van der Waals surface area (Å²) < 4.78 is 27.9. The fraction of sp³-hybridized carbons (Fsp3) is 0.909. The third-order valence-corrected chi connectivity index (χ3v) is 5.85. The molecule has 18 heavy (non-hydrogen) atoms. The standard InChI is InChI=1S/C11H21N3O3S/c1-2-10-9-14(8-5-11(10)12-15)18(16,17)13-6-3-4-7-13/h10,15H,2-9H2,1H3. The predicted molar refractivity (Wildman–Crippen MR) is 68.9 cm³/mol. The van der Waals surface area contributed by atoms with Crippen LogP contribution in [0.4, 0.5) is 0 Å². The molecular formula is C11H21N3O3S. The van der Waals surface area contributed by atoms with Crippen LogP contribution in [0.15, 0.2) is 5.16 Å². The van der Waals surface area contributed by atoms with Crippen molar-refractivity contribution < 1.29 is 13.6 Å². The normalized spacial score (nSPS) is 30.1. The van der Waals surface area contributed by atoms with Crippen molar-refractivity contribution in [3.05, 3.63) is 0 Å². The number of nitrogens with zero attached hydrogens (tertiary/aromatic N) is 3. The maximum atomic E-state index is 12.4. The summed E-state index contributed by atoms with van der Waals surface area (Å²) >= 11 is 0. The van der Waals surface area contributed by atoms with Crippen LogP contribution in [0.3, 0.4) is 0 Å². The van der Waals surface area contributed by atoms with Gasteiger partial charge in [-0.05, 0) is 19.3 Å². The van der Waals surface area contributed by atoms with Gasteiger partial charge < -0.3 is 5.21 Å². The molecule has 0 radical (unpaired) electrons. The summed E-state index contributed by atoms with van der Waals surface area (Å²) in [4.78, 5) is 0. The van der Waals surface area contributed by atoms with Crippen LogP contribution in [-0.4, -0.2) is 54.1 Å². The molecule has 0 aromatic carbocycles. The van der Waals surface area contributed by atoms with Crippen molar-refractivity contribution in [2.24, 2.45) is 11.1 Å². The van der Waals surface area contributed by atoms with Crippen LogP contribution in [0.1, 0.15) is 32.6 Å². The smallest absolute Gasteiger partial charge is 0.282 e. The van der Waals surface area contributed by atoms with Gasteiger partial charge in [0.1, 0.15) is 0 Å². The van der Waals surface area contributed by atoms with Gasteiger partial charge in [0.15, 0.2) is 0 Å². The first-order chi connectivity index (χ1) is 8.59. The van der Waals surface area contributed by atoms with Crippen molar-refractivity contribution >= 4 is 15.9 Å². The quantitative estimate of drug-likeness (QED) is 0.614. The van der Waals surface area contributed by atoms with E-state index in [0.29, 0.717) is 32.6 Å². The number of piperidine rings is 1. The Hall–Kier alpha value is -0.660. The molecule has 1 atom stereocenters. The van der Waals surface area contributed by atoms with Crippen molar-refractivity contribution in [1.29, 1.82) is 0 Å². The average Bonchev–Trinajstić information content (AvgIpc) is 2.92. The summed E-state index contributed by atoms with van der Waals surface area (Å²) in [6, 6.07) is 0. The van der Waals surface area contributed by atoms with Gasteiger partial charge in [-0.25, -0.2) is 0 Å². The second-order valence-electron chi connectivity index (χ2n) is 4.92. The van der Waals surface area contributed by atoms with Crippen LogP contribution in [0.5, 0.6) is 0 Å². The van der Waals surface area contributed by atoms with Gasteiger partial charge in [0.05, 0.1) is 5.71 Å². The van der Waals surface area contributed by atoms with Crippen LogP contribution in [0, 0.1) is 5.92 Å². The molecule has 0 aromatic rings. The van der Waals surface area contributed by atoms with E-state index in [4.69, 9.17) is 5.21 Å². The molecule has 2 saturated heterocycles. The zero-order valence-corrected chi connectivity index (χ0v) is 11.6. The monoisotopic (exact) mass is 275 g/mol. The van der Waals surface area contributed by atoms with E-state index in [1.807, 2.05) is 6.92 Å². The van der Waals surface area contributed by atoms with Crippen LogP contribution < -0.4 is 0 Å². The van der Waals surface area contributed by atoms with Crippen molar-refractivity contribution in [2.45, 2.75) is 32.6 Å². The van der Waals surface area contributed by atoms with E-state index in [-0.39, 0.29) is 5.92 Å². The van der Waals surface area contributed by atoms with E-state index >= 15 is 0 Å². The second kappa shape index (κ2) is 5.54. The number of rotatable bonds is 3. The first kappa shape index (κ1) is 13.8. The molecule has 1 N–H and O–H groups in total. The topological polar surface area (TPSA) is 73.2 Å². The lowest BCUT2D eigenvalue weighted by Crippen LogP contribution is -2.49. The molecule has 2 rings (SSSR count). The summed E-state index contributed by atoms with van der Waals surface area (Å²) in [5.74, 6) is 0.0427. The minimum atomic E-state index is -3.31.